The van der Waals surface area contributed by atoms with Crippen LogP contribution in [0.4, 0.5) is 4.39 Å². The molecule has 0 heterocycles. The van der Waals surface area contributed by atoms with E-state index >= 15 is 0 Å². The van der Waals surface area contributed by atoms with Gasteiger partial charge in [0.05, 0.1) is 0 Å². The molecule has 0 radical (unpaired) electrons. The van der Waals surface area contributed by atoms with Crippen molar-refractivity contribution in [2.75, 3.05) is 7.05 Å². The molecule has 0 aromatic heterocycles. The number of halogens is 1. The highest BCUT2D eigenvalue weighted by molar-refractivity contribution is 5.94. The second kappa shape index (κ2) is 7.09. The molecule has 0 spiro atoms. The second-order valence-corrected chi connectivity index (χ2v) is 5.70. The van der Waals surface area contributed by atoms with Gasteiger partial charge < -0.3 is 4.90 Å². The molecule has 0 saturated heterocycles. The van der Waals surface area contributed by atoms with Gasteiger partial charge in [-0.2, -0.15) is 0 Å². The minimum absolute atomic E-state index is 0.127. The first kappa shape index (κ1) is 15.9. The zero-order valence-corrected chi connectivity index (χ0v) is 13.4. The predicted molar refractivity (Wildman–Crippen MR) is 94.1 cm³/mol. The van der Waals surface area contributed by atoms with Gasteiger partial charge in [-0.1, -0.05) is 60.7 Å². The monoisotopic (exact) mass is 319 g/mol. The second-order valence-electron chi connectivity index (χ2n) is 5.70. The summed E-state index contributed by atoms with van der Waals surface area (Å²) in [5.41, 5.74) is 3.27. The first-order valence-corrected chi connectivity index (χ1v) is 7.79. The summed E-state index contributed by atoms with van der Waals surface area (Å²) in [4.78, 5) is 14.0. The van der Waals surface area contributed by atoms with Gasteiger partial charge in [-0.25, -0.2) is 4.39 Å². The average Bonchev–Trinajstić information content (AvgIpc) is 2.64. The minimum Gasteiger partial charge on any atom is -0.337 e. The van der Waals surface area contributed by atoms with Gasteiger partial charge in [0.15, 0.2) is 0 Å². The smallest absolute Gasteiger partial charge is 0.253 e. The molecular weight excluding hydrogens is 301 g/mol. The summed E-state index contributed by atoms with van der Waals surface area (Å²) in [6, 6.07) is 24.0. The number of amides is 1. The lowest BCUT2D eigenvalue weighted by Gasteiger charge is -2.18. The van der Waals surface area contributed by atoms with E-state index in [0.29, 0.717) is 11.1 Å². The van der Waals surface area contributed by atoms with Crippen LogP contribution in [0.3, 0.4) is 0 Å². The summed E-state index contributed by atoms with van der Waals surface area (Å²) in [5.74, 6) is -0.422. The van der Waals surface area contributed by atoms with Crippen LogP contribution < -0.4 is 0 Å². The number of nitrogens with zero attached hydrogens (tertiary/aromatic N) is 1. The molecule has 0 fully saturated rings. The highest BCUT2D eigenvalue weighted by Crippen LogP contribution is 2.20. The molecule has 0 saturated carbocycles. The van der Waals surface area contributed by atoms with Crippen molar-refractivity contribution in [1.82, 2.24) is 4.90 Å². The van der Waals surface area contributed by atoms with E-state index in [1.165, 1.54) is 11.0 Å². The van der Waals surface area contributed by atoms with E-state index in [1.807, 2.05) is 54.6 Å². The van der Waals surface area contributed by atoms with Gasteiger partial charge in [-0.05, 0) is 29.3 Å². The molecule has 0 unspecified atom stereocenters. The van der Waals surface area contributed by atoms with Gasteiger partial charge in [-0.15, -0.1) is 0 Å². The molecular formula is C21H18FNO. The molecule has 3 rings (SSSR count). The number of hydrogen-bond donors (Lipinski definition) is 0. The van der Waals surface area contributed by atoms with Crippen molar-refractivity contribution in [3.8, 4) is 11.1 Å². The van der Waals surface area contributed by atoms with Crippen molar-refractivity contribution in [2.45, 2.75) is 6.54 Å². The van der Waals surface area contributed by atoms with Crippen molar-refractivity contribution in [2.24, 2.45) is 0 Å². The average molecular weight is 319 g/mol. The maximum absolute atomic E-state index is 13.7. The zero-order chi connectivity index (χ0) is 16.9. The molecule has 0 N–H and O–H groups in total. The zero-order valence-electron chi connectivity index (χ0n) is 13.4. The molecule has 3 heteroatoms. The van der Waals surface area contributed by atoms with Gasteiger partial charge in [0.2, 0.25) is 0 Å². The van der Waals surface area contributed by atoms with Crippen LogP contribution in [0.1, 0.15) is 15.9 Å². The Balaban J connectivity index is 1.74. The van der Waals surface area contributed by atoms with E-state index < -0.39 is 0 Å². The highest BCUT2D eigenvalue weighted by Gasteiger charge is 2.13. The largest absolute Gasteiger partial charge is 0.337 e. The summed E-state index contributed by atoms with van der Waals surface area (Å²) in [5, 5.41) is 0. The van der Waals surface area contributed by atoms with Crippen LogP contribution in [0.25, 0.3) is 11.1 Å². The highest BCUT2D eigenvalue weighted by atomic mass is 19.1. The van der Waals surface area contributed by atoms with Crippen molar-refractivity contribution in [3.63, 3.8) is 0 Å². The standard InChI is InChI=1S/C21H18FNO/c1-23(15-19-9-5-6-10-20(19)22)21(24)18-13-11-17(12-14-18)16-7-3-2-4-8-16/h2-14H,15H2,1H3. The molecule has 0 atom stereocenters. The fourth-order valence-corrected chi connectivity index (χ4v) is 2.61. The molecule has 24 heavy (non-hydrogen) atoms. The molecule has 120 valence electrons. The Morgan fingerprint density at radius 1 is 0.833 bits per heavy atom. The van der Waals surface area contributed by atoms with Crippen molar-refractivity contribution < 1.29 is 9.18 Å². The quantitative estimate of drug-likeness (QED) is 0.678. The molecule has 1 amide bonds. The van der Waals surface area contributed by atoms with Crippen LogP contribution in [0.5, 0.6) is 0 Å². The number of carbonyl (C=O) groups is 1. The topological polar surface area (TPSA) is 20.3 Å². The van der Waals surface area contributed by atoms with E-state index in [-0.39, 0.29) is 18.3 Å². The first-order chi connectivity index (χ1) is 11.6. The molecule has 2 nitrogen and oxygen atoms in total. The molecule has 0 aliphatic carbocycles. The molecule has 3 aromatic rings. The van der Waals surface area contributed by atoms with Crippen LogP contribution >= 0.6 is 0 Å². The van der Waals surface area contributed by atoms with E-state index in [4.69, 9.17) is 0 Å². The Labute approximate surface area is 141 Å². The maximum Gasteiger partial charge on any atom is 0.253 e. The van der Waals surface area contributed by atoms with Gasteiger partial charge in [0, 0.05) is 24.7 Å². The summed E-state index contributed by atoms with van der Waals surface area (Å²) in [6.07, 6.45) is 0. The summed E-state index contributed by atoms with van der Waals surface area (Å²) in [7, 11) is 1.68. The van der Waals surface area contributed by atoms with Gasteiger partial charge in [-0.3, -0.25) is 4.79 Å². The van der Waals surface area contributed by atoms with E-state index in [9.17, 15) is 9.18 Å². The van der Waals surface area contributed by atoms with E-state index in [1.54, 1.807) is 25.2 Å². The summed E-state index contributed by atoms with van der Waals surface area (Å²) in [6.45, 7) is 0.242. The van der Waals surface area contributed by atoms with Gasteiger partial charge >= 0.3 is 0 Å². The van der Waals surface area contributed by atoms with Crippen molar-refractivity contribution in [1.29, 1.82) is 0 Å². The Bertz CT molecular complexity index is 828. The fourth-order valence-electron chi connectivity index (χ4n) is 2.61. The predicted octanol–water partition coefficient (Wildman–Crippen LogP) is 4.76. The first-order valence-electron chi connectivity index (χ1n) is 7.79. The maximum atomic E-state index is 13.7. The number of benzene rings is 3. The Morgan fingerprint density at radius 2 is 1.42 bits per heavy atom. The van der Waals surface area contributed by atoms with E-state index in [2.05, 4.69) is 0 Å². The third kappa shape index (κ3) is 3.51. The fraction of sp³-hybridized carbons (Fsp3) is 0.0952. The van der Waals surface area contributed by atoms with Crippen LogP contribution in [-0.4, -0.2) is 17.9 Å². The van der Waals surface area contributed by atoms with Crippen molar-refractivity contribution >= 4 is 5.91 Å². The lowest BCUT2D eigenvalue weighted by Crippen LogP contribution is -2.26. The van der Waals surface area contributed by atoms with Crippen LogP contribution in [0, 0.1) is 5.82 Å². The number of carbonyl (C=O) groups excluding carboxylic acids is 1. The lowest BCUT2D eigenvalue weighted by molar-refractivity contribution is 0.0784. The lowest BCUT2D eigenvalue weighted by atomic mass is 10.0. The van der Waals surface area contributed by atoms with Gasteiger partial charge in [0.25, 0.3) is 5.91 Å². The molecule has 0 bridgehead atoms. The van der Waals surface area contributed by atoms with Crippen LogP contribution in [0.15, 0.2) is 78.9 Å². The Morgan fingerprint density at radius 3 is 2.08 bits per heavy atom. The van der Waals surface area contributed by atoms with Gasteiger partial charge in [0.1, 0.15) is 5.82 Å². The Kier molecular flexibility index (Phi) is 4.71. The molecule has 3 aromatic carbocycles. The minimum atomic E-state index is -0.295. The summed E-state index contributed by atoms with van der Waals surface area (Å²) < 4.78 is 13.7. The van der Waals surface area contributed by atoms with Crippen molar-refractivity contribution in [3.05, 3.63) is 95.8 Å². The SMILES string of the molecule is CN(Cc1ccccc1F)C(=O)c1ccc(-c2ccccc2)cc1. The third-order valence-corrected chi connectivity index (χ3v) is 3.95. The number of rotatable bonds is 4. The third-order valence-electron chi connectivity index (χ3n) is 3.95. The molecule has 0 aliphatic heterocycles. The summed E-state index contributed by atoms with van der Waals surface area (Å²) >= 11 is 0. The number of hydrogen-bond acceptors (Lipinski definition) is 1. The molecule has 0 aliphatic rings. The van der Waals surface area contributed by atoms with Crippen LogP contribution in [-0.2, 0) is 6.54 Å². The Hall–Kier alpha value is -2.94. The van der Waals surface area contributed by atoms with E-state index in [0.717, 1.165) is 11.1 Å². The van der Waals surface area contributed by atoms with Crippen LogP contribution in [0.2, 0.25) is 0 Å². The normalized spacial score (nSPS) is 10.4.